The fourth-order valence-electron chi connectivity index (χ4n) is 2.33. The summed E-state index contributed by atoms with van der Waals surface area (Å²) in [5.74, 6) is 2.61. The lowest BCUT2D eigenvalue weighted by Crippen LogP contribution is -2.26. The van der Waals surface area contributed by atoms with Gasteiger partial charge >= 0.3 is 0 Å². The molecule has 2 heterocycles. The van der Waals surface area contributed by atoms with Crippen LogP contribution in [0.2, 0.25) is 0 Å². The summed E-state index contributed by atoms with van der Waals surface area (Å²) in [5.41, 5.74) is 7.10. The van der Waals surface area contributed by atoms with Crippen LogP contribution in [0.25, 0.3) is 0 Å². The molecule has 3 heteroatoms. The standard InChI is InChI=1S/C12H21N3/c1-9(2)5-12-14-8-11-6-10(7-13)3-4-15(11)12/h8-10H,3-7,13H2,1-2H3. The van der Waals surface area contributed by atoms with Gasteiger partial charge < -0.3 is 10.3 Å². The van der Waals surface area contributed by atoms with Crippen molar-refractivity contribution in [3.05, 3.63) is 17.7 Å². The zero-order valence-electron chi connectivity index (χ0n) is 9.74. The molecule has 1 unspecified atom stereocenters. The van der Waals surface area contributed by atoms with E-state index in [1.807, 2.05) is 6.20 Å². The highest BCUT2D eigenvalue weighted by Crippen LogP contribution is 2.22. The van der Waals surface area contributed by atoms with Gasteiger partial charge in [0.05, 0.1) is 0 Å². The molecule has 0 bridgehead atoms. The summed E-state index contributed by atoms with van der Waals surface area (Å²) in [5, 5.41) is 0. The monoisotopic (exact) mass is 207 g/mol. The lowest BCUT2D eigenvalue weighted by atomic mass is 9.96. The van der Waals surface area contributed by atoms with E-state index in [1.165, 1.54) is 17.9 Å². The summed E-state index contributed by atoms with van der Waals surface area (Å²) in [4.78, 5) is 4.53. The topological polar surface area (TPSA) is 43.8 Å². The van der Waals surface area contributed by atoms with E-state index in [9.17, 15) is 0 Å². The minimum absolute atomic E-state index is 0.668. The average molecular weight is 207 g/mol. The van der Waals surface area contributed by atoms with E-state index in [2.05, 4.69) is 23.4 Å². The summed E-state index contributed by atoms with van der Waals surface area (Å²) >= 11 is 0. The molecule has 0 saturated heterocycles. The SMILES string of the molecule is CC(C)Cc1ncc2n1CCC(CN)C2. The van der Waals surface area contributed by atoms with E-state index in [1.54, 1.807) is 0 Å². The fraction of sp³-hybridized carbons (Fsp3) is 0.750. The van der Waals surface area contributed by atoms with Gasteiger partial charge in [-0.1, -0.05) is 13.8 Å². The van der Waals surface area contributed by atoms with Crippen LogP contribution in [0, 0.1) is 11.8 Å². The fourth-order valence-corrected chi connectivity index (χ4v) is 2.33. The second-order valence-electron chi connectivity index (χ2n) is 5.01. The molecule has 1 aromatic rings. The Morgan fingerprint density at radius 2 is 2.40 bits per heavy atom. The van der Waals surface area contributed by atoms with Crippen molar-refractivity contribution in [3.8, 4) is 0 Å². The first kappa shape index (κ1) is 10.7. The van der Waals surface area contributed by atoms with Crippen LogP contribution in [0.5, 0.6) is 0 Å². The van der Waals surface area contributed by atoms with Crippen LogP contribution in [-0.4, -0.2) is 16.1 Å². The summed E-state index contributed by atoms with van der Waals surface area (Å²) < 4.78 is 2.40. The first-order valence-electron chi connectivity index (χ1n) is 5.94. The Labute approximate surface area is 91.7 Å². The Hall–Kier alpha value is -0.830. The molecular formula is C12H21N3. The number of rotatable bonds is 3. The van der Waals surface area contributed by atoms with Gasteiger partial charge in [-0.05, 0) is 31.2 Å². The van der Waals surface area contributed by atoms with Crippen molar-refractivity contribution in [1.29, 1.82) is 0 Å². The molecule has 1 aliphatic heterocycles. The van der Waals surface area contributed by atoms with Gasteiger partial charge in [-0.25, -0.2) is 4.98 Å². The van der Waals surface area contributed by atoms with Gasteiger partial charge in [0.25, 0.3) is 0 Å². The van der Waals surface area contributed by atoms with E-state index in [4.69, 9.17) is 5.73 Å². The van der Waals surface area contributed by atoms with Gasteiger partial charge in [-0.2, -0.15) is 0 Å². The van der Waals surface area contributed by atoms with Crippen LogP contribution < -0.4 is 5.73 Å². The number of imidazole rings is 1. The van der Waals surface area contributed by atoms with Gasteiger partial charge in [0.2, 0.25) is 0 Å². The van der Waals surface area contributed by atoms with Crippen LogP contribution in [0.15, 0.2) is 6.20 Å². The second-order valence-corrected chi connectivity index (χ2v) is 5.01. The summed E-state index contributed by atoms with van der Waals surface area (Å²) in [7, 11) is 0. The molecule has 2 rings (SSSR count). The molecule has 0 saturated carbocycles. The van der Waals surface area contributed by atoms with Gasteiger partial charge in [0, 0.05) is 24.9 Å². The number of aromatic nitrogens is 2. The number of nitrogens with two attached hydrogens (primary N) is 1. The maximum Gasteiger partial charge on any atom is 0.109 e. The van der Waals surface area contributed by atoms with E-state index in [-0.39, 0.29) is 0 Å². The lowest BCUT2D eigenvalue weighted by Gasteiger charge is -2.24. The van der Waals surface area contributed by atoms with Crippen LogP contribution >= 0.6 is 0 Å². The second kappa shape index (κ2) is 4.35. The third-order valence-electron chi connectivity index (χ3n) is 3.20. The van der Waals surface area contributed by atoms with Crippen LogP contribution in [0.1, 0.15) is 31.8 Å². The Morgan fingerprint density at radius 3 is 3.07 bits per heavy atom. The van der Waals surface area contributed by atoms with E-state index in [0.717, 1.165) is 25.9 Å². The molecular weight excluding hydrogens is 186 g/mol. The summed E-state index contributed by atoms with van der Waals surface area (Å²) in [6, 6.07) is 0. The summed E-state index contributed by atoms with van der Waals surface area (Å²) in [6.07, 6.45) is 5.46. The van der Waals surface area contributed by atoms with Gasteiger partial charge in [0.1, 0.15) is 5.82 Å². The number of hydrogen-bond acceptors (Lipinski definition) is 2. The highest BCUT2D eigenvalue weighted by atomic mass is 15.1. The smallest absolute Gasteiger partial charge is 0.109 e. The van der Waals surface area contributed by atoms with E-state index >= 15 is 0 Å². The zero-order valence-corrected chi connectivity index (χ0v) is 9.74. The third kappa shape index (κ3) is 2.23. The average Bonchev–Trinajstić information content (AvgIpc) is 2.60. The third-order valence-corrected chi connectivity index (χ3v) is 3.20. The molecule has 15 heavy (non-hydrogen) atoms. The first-order valence-corrected chi connectivity index (χ1v) is 5.94. The molecule has 0 fully saturated rings. The quantitative estimate of drug-likeness (QED) is 0.818. The van der Waals surface area contributed by atoms with Crippen molar-refractivity contribution < 1.29 is 0 Å². The minimum Gasteiger partial charge on any atom is -0.332 e. The number of fused-ring (bicyclic) bond motifs is 1. The Kier molecular flexibility index (Phi) is 3.10. The van der Waals surface area contributed by atoms with Crippen LogP contribution in [-0.2, 0) is 19.4 Å². The molecule has 0 amide bonds. The van der Waals surface area contributed by atoms with Crippen molar-refractivity contribution in [3.63, 3.8) is 0 Å². The number of nitrogens with zero attached hydrogens (tertiary/aromatic N) is 2. The molecule has 0 spiro atoms. The highest BCUT2D eigenvalue weighted by Gasteiger charge is 2.20. The molecule has 1 aromatic heterocycles. The zero-order chi connectivity index (χ0) is 10.8. The molecule has 1 atom stereocenters. The minimum atomic E-state index is 0.668. The normalized spacial score (nSPS) is 20.7. The first-order chi connectivity index (χ1) is 7.20. The molecule has 2 N–H and O–H groups in total. The maximum atomic E-state index is 5.72. The van der Waals surface area contributed by atoms with Crippen molar-refractivity contribution >= 4 is 0 Å². The molecule has 1 aliphatic rings. The van der Waals surface area contributed by atoms with Crippen molar-refractivity contribution in [1.82, 2.24) is 9.55 Å². The van der Waals surface area contributed by atoms with Crippen molar-refractivity contribution in [2.24, 2.45) is 17.6 Å². The predicted octanol–water partition coefficient (Wildman–Crippen LogP) is 1.60. The number of hydrogen-bond donors (Lipinski definition) is 1. The van der Waals surface area contributed by atoms with E-state index < -0.39 is 0 Å². The summed E-state index contributed by atoms with van der Waals surface area (Å²) in [6.45, 7) is 6.41. The highest BCUT2D eigenvalue weighted by molar-refractivity contribution is 5.09. The Bertz CT molecular complexity index is 328. The molecule has 0 radical (unpaired) electrons. The Balaban J connectivity index is 2.15. The predicted molar refractivity (Wildman–Crippen MR) is 61.6 cm³/mol. The van der Waals surface area contributed by atoms with Crippen LogP contribution in [0.4, 0.5) is 0 Å². The van der Waals surface area contributed by atoms with Gasteiger partial charge in [-0.15, -0.1) is 0 Å². The Morgan fingerprint density at radius 1 is 1.60 bits per heavy atom. The molecule has 84 valence electrons. The van der Waals surface area contributed by atoms with E-state index in [0.29, 0.717) is 11.8 Å². The molecule has 0 aliphatic carbocycles. The van der Waals surface area contributed by atoms with Gasteiger partial charge in [0.15, 0.2) is 0 Å². The van der Waals surface area contributed by atoms with Crippen LogP contribution in [0.3, 0.4) is 0 Å². The van der Waals surface area contributed by atoms with Gasteiger partial charge in [-0.3, -0.25) is 0 Å². The largest absolute Gasteiger partial charge is 0.332 e. The lowest BCUT2D eigenvalue weighted by molar-refractivity contribution is 0.386. The molecule has 3 nitrogen and oxygen atoms in total. The molecule has 0 aromatic carbocycles. The maximum absolute atomic E-state index is 5.72. The van der Waals surface area contributed by atoms with Crippen molar-refractivity contribution in [2.75, 3.05) is 6.54 Å². The van der Waals surface area contributed by atoms with Crippen molar-refractivity contribution in [2.45, 2.75) is 39.7 Å².